The van der Waals surface area contributed by atoms with Crippen LogP contribution in [0.25, 0.3) is 0 Å². The van der Waals surface area contributed by atoms with E-state index in [4.69, 9.17) is 4.74 Å². The highest BCUT2D eigenvalue weighted by molar-refractivity contribution is 5.82. The molecule has 4 rings (SSSR count). The Morgan fingerprint density at radius 2 is 1.42 bits per heavy atom. The molecule has 7 heteroatoms. The van der Waals surface area contributed by atoms with Crippen LogP contribution in [-0.4, -0.2) is 58.5 Å². The summed E-state index contributed by atoms with van der Waals surface area (Å²) >= 11 is 0. The van der Waals surface area contributed by atoms with Gasteiger partial charge in [0.15, 0.2) is 6.61 Å². The van der Waals surface area contributed by atoms with Gasteiger partial charge in [-0.15, -0.1) is 0 Å². The lowest BCUT2D eigenvalue weighted by atomic mass is 9.88. The molecule has 1 aromatic heterocycles. The van der Waals surface area contributed by atoms with E-state index in [0.29, 0.717) is 30.9 Å². The third kappa shape index (κ3) is 5.74. The summed E-state index contributed by atoms with van der Waals surface area (Å²) in [6.45, 7) is 1.36. The van der Waals surface area contributed by atoms with E-state index in [2.05, 4.69) is 19.8 Å². The van der Waals surface area contributed by atoms with Gasteiger partial charge >= 0.3 is 5.97 Å². The second kappa shape index (κ2) is 10.9. The Morgan fingerprint density at radius 3 is 1.97 bits per heavy atom. The van der Waals surface area contributed by atoms with Gasteiger partial charge in [-0.25, -0.2) is 9.97 Å². The van der Waals surface area contributed by atoms with Gasteiger partial charge in [-0.3, -0.25) is 9.59 Å². The Kier molecular flexibility index (Phi) is 7.76. The smallest absolute Gasteiger partial charge is 0.309 e. The average Bonchev–Trinajstić information content (AvgIpc) is 2.85. The van der Waals surface area contributed by atoms with Crippen molar-refractivity contribution in [2.24, 2.45) is 5.92 Å². The minimum atomic E-state index is -0.228. The van der Waals surface area contributed by atoms with Crippen molar-refractivity contribution in [3.63, 3.8) is 0 Å². The topological polar surface area (TPSA) is 75.6 Å². The van der Waals surface area contributed by atoms with E-state index in [0.717, 1.165) is 38.8 Å². The minimum absolute atomic E-state index is 0.0160. The van der Waals surface area contributed by atoms with Crippen LogP contribution in [0.5, 0.6) is 0 Å². The number of rotatable bonds is 6. The number of carbonyl (C=O) groups excluding carboxylic acids is 2. The van der Waals surface area contributed by atoms with Crippen LogP contribution in [0.15, 0.2) is 18.5 Å². The molecule has 3 fully saturated rings. The fourth-order valence-corrected chi connectivity index (χ4v) is 5.52. The molecule has 170 valence electrons. The van der Waals surface area contributed by atoms with Crippen molar-refractivity contribution in [2.45, 2.75) is 89.1 Å². The first kappa shape index (κ1) is 22.0. The van der Waals surface area contributed by atoms with Crippen LogP contribution in [0, 0.1) is 5.92 Å². The summed E-state index contributed by atoms with van der Waals surface area (Å²) < 4.78 is 5.57. The molecule has 2 saturated carbocycles. The number of hydrogen-bond acceptors (Lipinski definition) is 6. The maximum Gasteiger partial charge on any atom is 0.309 e. The summed E-state index contributed by atoms with van der Waals surface area (Å²) in [5.74, 6) is 0.349. The van der Waals surface area contributed by atoms with Gasteiger partial charge in [0, 0.05) is 37.6 Å². The minimum Gasteiger partial charge on any atom is -0.455 e. The van der Waals surface area contributed by atoms with Crippen LogP contribution < -0.4 is 4.90 Å². The summed E-state index contributed by atoms with van der Waals surface area (Å²) in [6, 6.07) is 2.46. The van der Waals surface area contributed by atoms with E-state index in [1.54, 1.807) is 18.5 Å². The van der Waals surface area contributed by atoms with Gasteiger partial charge in [-0.2, -0.15) is 0 Å². The molecule has 0 aromatic carbocycles. The van der Waals surface area contributed by atoms with E-state index >= 15 is 0 Å². The van der Waals surface area contributed by atoms with Crippen LogP contribution in [0.1, 0.15) is 77.0 Å². The van der Waals surface area contributed by atoms with Gasteiger partial charge in [0.05, 0.1) is 5.92 Å². The molecule has 0 radical (unpaired) electrons. The maximum absolute atomic E-state index is 13.2. The number of amides is 1. The van der Waals surface area contributed by atoms with Gasteiger partial charge < -0.3 is 14.5 Å². The van der Waals surface area contributed by atoms with Gasteiger partial charge in [-0.1, -0.05) is 38.5 Å². The number of hydrogen-bond donors (Lipinski definition) is 0. The molecule has 2 heterocycles. The number of ether oxygens (including phenoxy) is 1. The molecular formula is C24H36N4O3. The van der Waals surface area contributed by atoms with E-state index < -0.39 is 0 Å². The molecule has 2 aliphatic carbocycles. The van der Waals surface area contributed by atoms with Crippen LogP contribution in [0.3, 0.4) is 0 Å². The van der Waals surface area contributed by atoms with E-state index in [1.807, 2.05) is 0 Å². The lowest BCUT2D eigenvalue weighted by Crippen LogP contribution is -2.50. The highest BCUT2D eigenvalue weighted by Crippen LogP contribution is 2.30. The molecule has 0 spiro atoms. The van der Waals surface area contributed by atoms with E-state index in [9.17, 15) is 9.59 Å². The first-order valence-corrected chi connectivity index (χ1v) is 12.2. The highest BCUT2D eigenvalue weighted by atomic mass is 16.5. The highest BCUT2D eigenvalue weighted by Gasteiger charge is 2.34. The lowest BCUT2D eigenvalue weighted by Gasteiger charge is -2.41. The summed E-state index contributed by atoms with van der Waals surface area (Å²) in [7, 11) is 0. The summed E-state index contributed by atoms with van der Waals surface area (Å²) in [5.41, 5.74) is 0. The number of aromatic nitrogens is 2. The van der Waals surface area contributed by atoms with Crippen molar-refractivity contribution < 1.29 is 14.3 Å². The van der Waals surface area contributed by atoms with Crippen molar-refractivity contribution >= 4 is 17.8 Å². The summed E-state index contributed by atoms with van der Waals surface area (Å²) in [5, 5.41) is 0. The van der Waals surface area contributed by atoms with E-state index in [1.165, 1.54) is 38.5 Å². The Hall–Kier alpha value is -2.18. The Labute approximate surface area is 185 Å². The second-order valence-corrected chi connectivity index (χ2v) is 9.30. The van der Waals surface area contributed by atoms with Gasteiger partial charge in [-0.05, 0) is 44.6 Å². The second-order valence-electron chi connectivity index (χ2n) is 9.30. The molecule has 0 atom stereocenters. The predicted octanol–water partition coefficient (Wildman–Crippen LogP) is 3.73. The number of nitrogens with zero attached hydrogens (tertiary/aromatic N) is 4. The fraction of sp³-hybridized carbons (Fsp3) is 0.750. The van der Waals surface area contributed by atoms with Gasteiger partial charge in [0.2, 0.25) is 5.95 Å². The zero-order valence-corrected chi connectivity index (χ0v) is 18.6. The van der Waals surface area contributed by atoms with Crippen LogP contribution in [0.4, 0.5) is 5.95 Å². The SMILES string of the molecule is O=C(OCC(=O)N(C1CCCCC1)C1CCCCC1)C1CCN(c2ncccn2)CC1. The molecule has 0 bridgehead atoms. The molecule has 0 unspecified atom stereocenters. The van der Waals surface area contributed by atoms with Crippen molar-refractivity contribution in [3.8, 4) is 0 Å². The van der Waals surface area contributed by atoms with E-state index in [-0.39, 0.29) is 24.4 Å². The standard InChI is InChI=1S/C24H36N4O3/c29-22(28(20-8-3-1-4-9-20)21-10-5-2-6-11-21)18-31-23(30)19-12-16-27(17-13-19)24-25-14-7-15-26-24/h7,14-15,19-21H,1-6,8-13,16-18H2. The van der Waals surface area contributed by atoms with Crippen molar-refractivity contribution in [1.29, 1.82) is 0 Å². The maximum atomic E-state index is 13.2. The molecule has 7 nitrogen and oxygen atoms in total. The molecule has 1 aliphatic heterocycles. The van der Waals surface area contributed by atoms with Gasteiger partial charge in [0.25, 0.3) is 5.91 Å². The molecule has 1 amide bonds. The van der Waals surface area contributed by atoms with Crippen LogP contribution in [0.2, 0.25) is 0 Å². The lowest BCUT2D eigenvalue weighted by molar-refractivity contribution is -0.158. The number of carbonyl (C=O) groups is 2. The van der Waals surface area contributed by atoms with Crippen molar-refractivity contribution in [1.82, 2.24) is 14.9 Å². The average molecular weight is 429 g/mol. The third-order valence-corrected chi connectivity index (χ3v) is 7.23. The Balaban J connectivity index is 1.28. The fourth-order valence-electron chi connectivity index (χ4n) is 5.52. The monoisotopic (exact) mass is 428 g/mol. The quantitative estimate of drug-likeness (QED) is 0.643. The normalized spacial score (nSPS) is 21.6. The molecule has 1 aromatic rings. The zero-order chi connectivity index (χ0) is 21.5. The van der Waals surface area contributed by atoms with Gasteiger partial charge in [0.1, 0.15) is 0 Å². The Bertz CT molecular complexity index is 691. The predicted molar refractivity (Wildman–Crippen MR) is 119 cm³/mol. The summed E-state index contributed by atoms with van der Waals surface area (Å²) in [4.78, 5) is 38.7. The first-order valence-electron chi connectivity index (χ1n) is 12.2. The van der Waals surface area contributed by atoms with Crippen molar-refractivity contribution in [2.75, 3.05) is 24.6 Å². The number of esters is 1. The number of anilines is 1. The third-order valence-electron chi connectivity index (χ3n) is 7.23. The molecule has 31 heavy (non-hydrogen) atoms. The molecule has 3 aliphatic rings. The van der Waals surface area contributed by atoms with Crippen LogP contribution in [-0.2, 0) is 14.3 Å². The summed E-state index contributed by atoms with van der Waals surface area (Å²) in [6.07, 6.45) is 16.6. The molecule has 0 N–H and O–H groups in total. The van der Waals surface area contributed by atoms with Crippen LogP contribution >= 0.6 is 0 Å². The zero-order valence-electron chi connectivity index (χ0n) is 18.6. The molecule has 1 saturated heterocycles. The van der Waals surface area contributed by atoms with Crippen molar-refractivity contribution in [3.05, 3.63) is 18.5 Å². The molecular weight excluding hydrogens is 392 g/mol. The Morgan fingerprint density at radius 1 is 0.871 bits per heavy atom. The number of piperidine rings is 1. The first-order chi connectivity index (χ1) is 15.2. The largest absolute Gasteiger partial charge is 0.455 e.